The first-order valence-electron chi connectivity index (χ1n) is 3.23. The lowest BCUT2D eigenvalue weighted by atomic mass is 10.3. The minimum absolute atomic E-state index is 0.222. The molecular formula is C7H13FO. The molecule has 54 valence electrons. The van der Waals surface area contributed by atoms with Crippen LogP contribution in [0.5, 0.6) is 0 Å². The summed E-state index contributed by atoms with van der Waals surface area (Å²) in [5, 5.41) is 8.31. The van der Waals surface area contributed by atoms with Crippen LogP contribution in [-0.2, 0) is 0 Å². The molecule has 0 unspecified atom stereocenters. The molecule has 0 aliphatic heterocycles. The van der Waals surface area contributed by atoms with Crippen molar-refractivity contribution in [3.63, 3.8) is 0 Å². The van der Waals surface area contributed by atoms with Crippen molar-refractivity contribution in [2.45, 2.75) is 19.3 Å². The lowest BCUT2D eigenvalue weighted by Gasteiger charge is -1.86. The van der Waals surface area contributed by atoms with Crippen LogP contribution in [0.3, 0.4) is 0 Å². The molecular weight excluding hydrogens is 119 g/mol. The van der Waals surface area contributed by atoms with E-state index >= 15 is 0 Å². The fraction of sp³-hybridized carbons (Fsp3) is 0.714. The Morgan fingerprint density at radius 2 is 1.89 bits per heavy atom. The van der Waals surface area contributed by atoms with Crippen LogP contribution in [0.15, 0.2) is 12.2 Å². The molecule has 0 amide bonds. The van der Waals surface area contributed by atoms with Crippen LogP contribution < -0.4 is 0 Å². The maximum absolute atomic E-state index is 11.4. The Morgan fingerprint density at radius 3 is 2.44 bits per heavy atom. The van der Waals surface area contributed by atoms with E-state index < -0.39 is 0 Å². The predicted octanol–water partition coefficient (Wildman–Crippen LogP) is 1.67. The van der Waals surface area contributed by atoms with Crippen molar-refractivity contribution < 1.29 is 9.50 Å². The summed E-state index contributed by atoms with van der Waals surface area (Å²) in [7, 11) is 0. The summed E-state index contributed by atoms with van der Waals surface area (Å²) in [6.45, 7) is -0.0599. The van der Waals surface area contributed by atoms with Gasteiger partial charge in [0.1, 0.15) is 0 Å². The maximum atomic E-state index is 11.4. The van der Waals surface area contributed by atoms with Crippen LogP contribution >= 0.6 is 0 Å². The Kier molecular flexibility index (Phi) is 7.32. The van der Waals surface area contributed by atoms with Gasteiger partial charge < -0.3 is 5.11 Å². The lowest BCUT2D eigenvalue weighted by molar-refractivity contribution is 0.289. The quantitative estimate of drug-likeness (QED) is 0.445. The van der Waals surface area contributed by atoms with E-state index in [9.17, 15) is 4.39 Å². The van der Waals surface area contributed by atoms with Crippen LogP contribution in [0.1, 0.15) is 19.3 Å². The van der Waals surface area contributed by atoms with Crippen molar-refractivity contribution in [2.24, 2.45) is 0 Å². The van der Waals surface area contributed by atoms with Crippen LogP contribution in [0.2, 0.25) is 0 Å². The highest BCUT2D eigenvalue weighted by atomic mass is 19.1. The summed E-state index contributed by atoms with van der Waals surface area (Å²) < 4.78 is 11.4. The van der Waals surface area contributed by atoms with E-state index in [0.29, 0.717) is 6.42 Å². The van der Waals surface area contributed by atoms with Gasteiger partial charge in [0.2, 0.25) is 0 Å². The molecule has 1 nitrogen and oxygen atoms in total. The molecule has 0 spiro atoms. The number of hydrogen-bond acceptors (Lipinski definition) is 1. The summed E-state index contributed by atoms with van der Waals surface area (Å²) in [5.41, 5.74) is 0. The minimum Gasteiger partial charge on any atom is -0.396 e. The second-order valence-corrected chi connectivity index (χ2v) is 1.81. The number of hydrogen-bond donors (Lipinski definition) is 1. The Labute approximate surface area is 55.2 Å². The molecule has 0 rings (SSSR count). The average molecular weight is 132 g/mol. The van der Waals surface area contributed by atoms with Gasteiger partial charge in [0, 0.05) is 6.61 Å². The van der Waals surface area contributed by atoms with Crippen molar-refractivity contribution in [1.29, 1.82) is 0 Å². The molecule has 0 atom stereocenters. The smallest absolute Gasteiger partial charge is 0.0928 e. The van der Waals surface area contributed by atoms with Gasteiger partial charge in [0.25, 0.3) is 0 Å². The Hall–Kier alpha value is -0.370. The summed E-state index contributed by atoms with van der Waals surface area (Å²) in [6.07, 6.45) is 5.84. The largest absolute Gasteiger partial charge is 0.396 e. The van der Waals surface area contributed by atoms with E-state index in [-0.39, 0.29) is 13.3 Å². The molecule has 0 aromatic heterocycles. The Balaban J connectivity index is 2.86. The second-order valence-electron chi connectivity index (χ2n) is 1.81. The monoisotopic (exact) mass is 132 g/mol. The number of halogens is 1. The third-order valence-corrected chi connectivity index (χ3v) is 0.971. The van der Waals surface area contributed by atoms with Gasteiger partial charge in [-0.1, -0.05) is 12.2 Å². The molecule has 0 aliphatic carbocycles. The molecule has 0 fully saturated rings. The van der Waals surface area contributed by atoms with Gasteiger partial charge in [-0.25, -0.2) is 0 Å². The van der Waals surface area contributed by atoms with Crippen LogP contribution in [-0.4, -0.2) is 18.4 Å². The Bertz CT molecular complexity index is 71.3. The van der Waals surface area contributed by atoms with E-state index in [1.165, 1.54) is 0 Å². The number of aliphatic hydroxyl groups excluding tert-OH is 1. The summed E-state index contributed by atoms with van der Waals surface area (Å²) in [4.78, 5) is 0. The summed E-state index contributed by atoms with van der Waals surface area (Å²) in [5.74, 6) is 0. The molecule has 0 saturated heterocycles. The maximum Gasteiger partial charge on any atom is 0.0928 e. The molecule has 0 heterocycles. The molecule has 0 aromatic carbocycles. The normalized spacial score (nSPS) is 10.9. The molecule has 2 heteroatoms. The molecule has 9 heavy (non-hydrogen) atoms. The van der Waals surface area contributed by atoms with E-state index in [2.05, 4.69) is 0 Å². The zero-order valence-corrected chi connectivity index (χ0v) is 5.52. The minimum atomic E-state index is -0.282. The third-order valence-electron chi connectivity index (χ3n) is 0.971. The molecule has 0 aromatic rings. The van der Waals surface area contributed by atoms with Crippen molar-refractivity contribution in [1.82, 2.24) is 0 Å². The van der Waals surface area contributed by atoms with Gasteiger partial charge in [-0.15, -0.1) is 0 Å². The first-order chi connectivity index (χ1) is 4.41. The average Bonchev–Trinajstić information content (AvgIpc) is 1.89. The first kappa shape index (κ1) is 8.63. The van der Waals surface area contributed by atoms with Gasteiger partial charge in [-0.3, -0.25) is 4.39 Å². The van der Waals surface area contributed by atoms with Gasteiger partial charge in [0.05, 0.1) is 6.67 Å². The standard InChI is InChI=1S/C7H13FO/c8-6-4-2-1-3-5-7-9/h1-2,9H,3-7H2. The van der Waals surface area contributed by atoms with Gasteiger partial charge >= 0.3 is 0 Å². The first-order valence-corrected chi connectivity index (χ1v) is 3.23. The van der Waals surface area contributed by atoms with Crippen LogP contribution in [0, 0.1) is 0 Å². The fourth-order valence-electron chi connectivity index (χ4n) is 0.508. The topological polar surface area (TPSA) is 20.2 Å². The number of allylic oxidation sites excluding steroid dienone is 2. The number of unbranched alkanes of at least 4 members (excludes halogenated alkanes) is 1. The van der Waals surface area contributed by atoms with E-state index in [0.717, 1.165) is 12.8 Å². The highest BCUT2D eigenvalue weighted by Gasteiger charge is 1.78. The molecule has 0 bridgehead atoms. The van der Waals surface area contributed by atoms with Gasteiger partial charge in [-0.2, -0.15) is 0 Å². The zero-order chi connectivity index (χ0) is 6.95. The molecule has 0 radical (unpaired) electrons. The van der Waals surface area contributed by atoms with Crippen molar-refractivity contribution in [3.8, 4) is 0 Å². The van der Waals surface area contributed by atoms with Crippen molar-refractivity contribution >= 4 is 0 Å². The fourth-order valence-corrected chi connectivity index (χ4v) is 0.508. The third kappa shape index (κ3) is 7.63. The zero-order valence-electron chi connectivity index (χ0n) is 5.52. The van der Waals surface area contributed by atoms with Crippen LogP contribution in [0.25, 0.3) is 0 Å². The molecule has 1 N–H and O–H groups in total. The van der Waals surface area contributed by atoms with E-state index in [1.54, 1.807) is 6.08 Å². The number of aliphatic hydroxyl groups is 1. The molecule has 0 aliphatic rings. The van der Waals surface area contributed by atoms with Crippen LogP contribution in [0.4, 0.5) is 4.39 Å². The number of alkyl halides is 1. The van der Waals surface area contributed by atoms with E-state index in [4.69, 9.17) is 5.11 Å². The Morgan fingerprint density at radius 1 is 1.22 bits per heavy atom. The van der Waals surface area contributed by atoms with Crippen molar-refractivity contribution in [3.05, 3.63) is 12.2 Å². The second kappa shape index (κ2) is 7.63. The summed E-state index contributed by atoms with van der Waals surface area (Å²) >= 11 is 0. The highest BCUT2D eigenvalue weighted by molar-refractivity contribution is 4.80. The number of rotatable bonds is 5. The predicted molar refractivity (Wildman–Crippen MR) is 36.1 cm³/mol. The molecule has 0 saturated carbocycles. The summed E-state index contributed by atoms with van der Waals surface area (Å²) in [6, 6.07) is 0. The van der Waals surface area contributed by atoms with E-state index in [1.807, 2.05) is 6.08 Å². The SMILES string of the molecule is OCCCC=CCCF. The van der Waals surface area contributed by atoms with Gasteiger partial charge in [0.15, 0.2) is 0 Å². The lowest BCUT2D eigenvalue weighted by Crippen LogP contribution is -1.78. The highest BCUT2D eigenvalue weighted by Crippen LogP contribution is 1.91. The van der Waals surface area contributed by atoms with Crippen molar-refractivity contribution in [2.75, 3.05) is 13.3 Å². The van der Waals surface area contributed by atoms with Gasteiger partial charge in [-0.05, 0) is 19.3 Å².